The van der Waals surface area contributed by atoms with Gasteiger partial charge in [0.1, 0.15) is 5.82 Å². The molecule has 1 saturated heterocycles. The van der Waals surface area contributed by atoms with Crippen LogP contribution in [0.3, 0.4) is 0 Å². The first-order valence-corrected chi connectivity index (χ1v) is 18.9. The Morgan fingerprint density at radius 2 is 1.41 bits per heavy atom. The van der Waals surface area contributed by atoms with E-state index >= 15 is 0 Å². The summed E-state index contributed by atoms with van der Waals surface area (Å²) in [5.74, 6) is 3.01. The topological polar surface area (TPSA) is 40.5 Å². The van der Waals surface area contributed by atoms with Crippen molar-refractivity contribution in [3.05, 3.63) is 71.0 Å². The SMILES string of the molecule is CC.CCCC(CCCc1cc(C(F)(F)F)cc(C(F)(F)F)c1)CCC(C)C.CC[C@@H]1CCN(CCC2CCC2)C1.Fc1ccccc1.O=CO. The van der Waals surface area contributed by atoms with Crippen LogP contribution in [0.15, 0.2) is 48.5 Å². The van der Waals surface area contributed by atoms with Gasteiger partial charge < -0.3 is 10.0 Å². The Morgan fingerprint density at radius 1 is 0.843 bits per heavy atom. The van der Waals surface area contributed by atoms with E-state index in [4.69, 9.17) is 9.90 Å². The molecule has 1 saturated carbocycles. The second-order valence-corrected chi connectivity index (χ2v) is 13.8. The molecule has 3 nitrogen and oxygen atoms in total. The zero-order valence-corrected chi connectivity index (χ0v) is 31.8. The van der Waals surface area contributed by atoms with E-state index in [-0.39, 0.29) is 30.3 Å². The average molecular weight is 736 g/mol. The maximum Gasteiger partial charge on any atom is 0.416 e. The van der Waals surface area contributed by atoms with E-state index < -0.39 is 23.5 Å². The van der Waals surface area contributed by atoms with E-state index in [2.05, 4.69) is 32.6 Å². The van der Waals surface area contributed by atoms with Crippen molar-refractivity contribution in [1.82, 2.24) is 4.90 Å². The van der Waals surface area contributed by atoms with Gasteiger partial charge in [0.25, 0.3) is 6.47 Å². The van der Waals surface area contributed by atoms with E-state index in [0.717, 1.165) is 56.1 Å². The third kappa shape index (κ3) is 22.8. The molecule has 0 aromatic heterocycles. The minimum atomic E-state index is -4.78. The molecule has 1 N–H and O–H groups in total. The summed E-state index contributed by atoms with van der Waals surface area (Å²) in [6, 6.07) is 9.82. The summed E-state index contributed by atoms with van der Waals surface area (Å²) in [7, 11) is 0. The molecule has 2 atom stereocenters. The number of aryl methyl sites for hydroxylation is 1. The highest BCUT2D eigenvalue weighted by Gasteiger charge is 2.36. The van der Waals surface area contributed by atoms with E-state index in [1.54, 1.807) is 18.2 Å². The Kier molecular flexibility index (Phi) is 25.7. The molecule has 294 valence electrons. The standard InChI is InChI=1S/C20H28F6.C12H23N.C6H5F.C2H6.CH2O2/c1-4-6-15(10-9-14(2)3)7-5-8-16-11-17(19(21,22)23)13-18(12-16)20(24,25)26;1-2-11-6-8-13(10-11)9-7-12-4-3-5-12;7-6-4-2-1-3-5-6;1-2;2-1-3/h11-15H,4-10H2,1-3H3;11-12H,2-10H2,1H3;1-5H;1-2H3;1H,(H,2,3)/t;11-;;;/m.1.../s1. The zero-order valence-electron chi connectivity index (χ0n) is 31.8. The average Bonchev–Trinajstić information content (AvgIpc) is 3.52. The fourth-order valence-electron chi connectivity index (χ4n) is 6.18. The number of likely N-dealkylation sites (tertiary alicyclic amines) is 1. The molecule has 2 aromatic carbocycles. The van der Waals surface area contributed by atoms with Gasteiger partial charge in [-0.3, -0.25) is 4.79 Å². The number of rotatable bonds is 13. The van der Waals surface area contributed by atoms with Gasteiger partial charge in [-0.05, 0) is 98.3 Å². The van der Waals surface area contributed by atoms with Crippen LogP contribution < -0.4 is 0 Å². The van der Waals surface area contributed by atoms with Crippen molar-refractivity contribution in [3.63, 3.8) is 0 Å². The van der Waals surface area contributed by atoms with Gasteiger partial charge in [0.05, 0.1) is 11.1 Å². The lowest BCUT2D eigenvalue weighted by Crippen LogP contribution is -2.25. The first kappa shape index (κ1) is 48.4. The van der Waals surface area contributed by atoms with Gasteiger partial charge >= 0.3 is 12.4 Å². The van der Waals surface area contributed by atoms with Crippen LogP contribution in [0.5, 0.6) is 0 Å². The molecule has 1 unspecified atom stereocenters. The van der Waals surface area contributed by atoms with Crippen LogP contribution in [-0.4, -0.2) is 36.1 Å². The molecule has 2 aliphatic rings. The third-order valence-corrected chi connectivity index (χ3v) is 9.33. The number of halogens is 7. The van der Waals surface area contributed by atoms with Gasteiger partial charge in [-0.1, -0.05) is 118 Å². The number of carbonyl (C=O) groups is 1. The van der Waals surface area contributed by atoms with E-state index in [1.807, 2.05) is 13.8 Å². The van der Waals surface area contributed by atoms with Crippen molar-refractivity contribution in [2.75, 3.05) is 19.6 Å². The van der Waals surface area contributed by atoms with Gasteiger partial charge in [-0.25, -0.2) is 4.39 Å². The Balaban J connectivity index is 0.000000815. The van der Waals surface area contributed by atoms with Crippen LogP contribution >= 0.6 is 0 Å². The monoisotopic (exact) mass is 735 g/mol. The molecule has 2 fully saturated rings. The summed E-state index contributed by atoms with van der Waals surface area (Å²) in [5, 5.41) is 6.89. The molecule has 10 heteroatoms. The fraction of sp³-hybridized carbons (Fsp3) is 0.683. The minimum absolute atomic E-state index is 0.103. The molecular weight excluding hydrogens is 671 g/mol. The lowest BCUT2D eigenvalue weighted by molar-refractivity contribution is -0.143. The molecule has 4 rings (SSSR count). The van der Waals surface area contributed by atoms with Crippen molar-refractivity contribution in [2.45, 2.75) is 137 Å². The van der Waals surface area contributed by atoms with Crippen molar-refractivity contribution in [3.8, 4) is 0 Å². The summed E-state index contributed by atoms with van der Waals surface area (Å²) < 4.78 is 89.3. The van der Waals surface area contributed by atoms with Crippen LogP contribution in [0.1, 0.15) is 135 Å². The second kappa shape index (κ2) is 27.1. The van der Waals surface area contributed by atoms with Crippen LogP contribution in [0, 0.1) is 29.5 Å². The zero-order chi connectivity index (χ0) is 38.9. The number of benzene rings is 2. The maximum atomic E-state index is 12.9. The molecule has 1 aliphatic carbocycles. The number of alkyl halides is 6. The van der Waals surface area contributed by atoms with Crippen molar-refractivity contribution in [1.29, 1.82) is 0 Å². The Bertz CT molecular complexity index is 1100. The first-order valence-electron chi connectivity index (χ1n) is 18.9. The highest BCUT2D eigenvalue weighted by Crippen LogP contribution is 2.37. The van der Waals surface area contributed by atoms with Gasteiger partial charge in [-0.15, -0.1) is 0 Å². The fourth-order valence-corrected chi connectivity index (χ4v) is 6.18. The predicted octanol–water partition coefficient (Wildman–Crippen LogP) is 13.4. The van der Waals surface area contributed by atoms with Gasteiger partial charge in [0.15, 0.2) is 0 Å². The molecular formula is C41H64F7NO2. The quantitative estimate of drug-likeness (QED) is 0.164. The molecule has 0 bridgehead atoms. The Hall–Kier alpha value is -2.62. The van der Waals surface area contributed by atoms with Gasteiger partial charge in [-0.2, -0.15) is 26.3 Å². The molecule has 1 aliphatic heterocycles. The van der Waals surface area contributed by atoms with E-state index in [0.29, 0.717) is 18.3 Å². The molecule has 2 aromatic rings. The number of carboxylic acid groups (broad SMARTS) is 1. The van der Waals surface area contributed by atoms with E-state index in [1.165, 1.54) is 70.3 Å². The molecule has 0 radical (unpaired) electrons. The van der Waals surface area contributed by atoms with Gasteiger partial charge in [0, 0.05) is 6.54 Å². The first-order chi connectivity index (χ1) is 24.1. The van der Waals surface area contributed by atoms with Crippen LogP contribution in [0.4, 0.5) is 30.7 Å². The van der Waals surface area contributed by atoms with E-state index in [9.17, 15) is 30.7 Å². The molecule has 0 spiro atoms. The number of hydrogen-bond acceptors (Lipinski definition) is 2. The number of nitrogens with zero attached hydrogens (tertiary/aromatic N) is 1. The maximum absolute atomic E-state index is 12.9. The van der Waals surface area contributed by atoms with Crippen LogP contribution in [0.25, 0.3) is 0 Å². The van der Waals surface area contributed by atoms with Crippen molar-refractivity contribution in [2.24, 2.45) is 23.7 Å². The number of hydrogen-bond donors (Lipinski definition) is 1. The smallest absolute Gasteiger partial charge is 0.416 e. The Morgan fingerprint density at radius 3 is 1.80 bits per heavy atom. The minimum Gasteiger partial charge on any atom is -0.483 e. The molecule has 1 heterocycles. The summed E-state index contributed by atoms with van der Waals surface area (Å²) in [5.41, 5.74) is -2.36. The normalized spacial score (nSPS) is 16.5. The lowest BCUT2D eigenvalue weighted by Gasteiger charge is -2.27. The molecule has 0 amide bonds. The van der Waals surface area contributed by atoms with Gasteiger partial charge in [0.2, 0.25) is 0 Å². The third-order valence-electron chi connectivity index (χ3n) is 9.33. The second-order valence-electron chi connectivity index (χ2n) is 13.8. The van der Waals surface area contributed by atoms with Crippen LogP contribution in [0.2, 0.25) is 0 Å². The van der Waals surface area contributed by atoms with Crippen molar-refractivity contribution < 1.29 is 40.6 Å². The van der Waals surface area contributed by atoms with Crippen molar-refractivity contribution >= 4 is 6.47 Å². The summed E-state index contributed by atoms with van der Waals surface area (Å²) >= 11 is 0. The van der Waals surface area contributed by atoms with Crippen LogP contribution in [-0.2, 0) is 23.6 Å². The summed E-state index contributed by atoms with van der Waals surface area (Å²) in [4.78, 5) is 11.0. The molecule has 51 heavy (non-hydrogen) atoms. The largest absolute Gasteiger partial charge is 0.483 e. The highest BCUT2D eigenvalue weighted by atomic mass is 19.4. The summed E-state index contributed by atoms with van der Waals surface area (Å²) in [6.45, 7) is 16.6. The highest BCUT2D eigenvalue weighted by molar-refractivity contribution is 5.34. The lowest BCUT2D eigenvalue weighted by atomic mass is 9.83. The predicted molar refractivity (Wildman–Crippen MR) is 195 cm³/mol. The summed E-state index contributed by atoms with van der Waals surface area (Å²) in [6.07, 6.45) is 5.20. The Labute approximate surface area is 303 Å².